The van der Waals surface area contributed by atoms with Crippen LogP contribution in [0.1, 0.15) is 17.0 Å². The second-order valence-corrected chi connectivity index (χ2v) is 5.62. The summed E-state index contributed by atoms with van der Waals surface area (Å²) in [5, 5.41) is 10.3. The van der Waals surface area contributed by atoms with Crippen LogP contribution in [-0.2, 0) is 13.0 Å². The van der Waals surface area contributed by atoms with Gasteiger partial charge in [0.2, 0.25) is 0 Å². The third-order valence-electron chi connectivity index (χ3n) is 2.15. The molecule has 0 aliphatic heterocycles. The molecule has 2 heterocycles. The predicted molar refractivity (Wildman–Crippen MR) is 70.2 cm³/mol. The van der Waals surface area contributed by atoms with Gasteiger partial charge in [0.25, 0.3) is 0 Å². The molecule has 0 bridgehead atoms. The Bertz CT molecular complexity index is 454. The fourth-order valence-electron chi connectivity index (χ4n) is 1.36. The minimum Gasteiger partial charge on any atom is -0.247 e. The maximum atomic E-state index is 5.63. The second kappa shape index (κ2) is 5.80. The summed E-state index contributed by atoms with van der Waals surface area (Å²) in [6.07, 6.45) is 3.83. The van der Waals surface area contributed by atoms with Crippen molar-refractivity contribution in [1.29, 1.82) is 0 Å². The summed E-state index contributed by atoms with van der Waals surface area (Å²) in [6.45, 7) is 0.770. The van der Waals surface area contributed by atoms with Gasteiger partial charge < -0.3 is 0 Å². The van der Waals surface area contributed by atoms with E-state index in [1.807, 2.05) is 16.9 Å². The van der Waals surface area contributed by atoms with Gasteiger partial charge >= 0.3 is 0 Å². The van der Waals surface area contributed by atoms with Crippen LogP contribution in [0.5, 0.6) is 0 Å². The van der Waals surface area contributed by atoms with E-state index in [0.717, 1.165) is 29.6 Å². The van der Waals surface area contributed by atoms with Crippen LogP contribution in [0, 0.1) is 0 Å². The number of nitrogens with zero attached hydrogens (tertiary/aromatic N) is 3. The molecule has 0 spiro atoms. The molecule has 0 aliphatic rings. The van der Waals surface area contributed by atoms with Crippen LogP contribution in [0.15, 0.2) is 22.1 Å². The van der Waals surface area contributed by atoms with E-state index in [9.17, 15) is 0 Å². The molecule has 0 saturated carbocycles. The molecule has 16 heavy (non-hydrogen) atoms. The zero-order valence-electron chi connectivity index (χ0n) is 8.57. The van der Waals surface area contributed by atoms with E-state index in [2.05, 4.69) is 31.6 Å². The topological polar surface area (TPSA) is 30.7 Å². The number of aromatic nitrogens is 3. The number of rotatable bonds is 5. The Morgan fingerprint density at radius 2 is 2.38 bits per heavy atom. The Morgan fingerprint density at radius 1 is 1.50 bits per heavy atom. The maximum Gasteiger partial charge on any atom is 0.0827 e. The molecule has 0 unspecified atom stereocenters. The van der Waals surface area contributed by atoms with Gasteiger partial charge in [-0.15, -0.1) is 28.0 Å². The third kappa shape index (κ3) is 3.06. The van der Waals surface area contributed by atoms with Crippen LogP contribution in [0.25, 0.3) is 0 Å². The standard InChI is InChI=1S/C10H11BrClN3S/c11-9-3-5-16-10(9)7-15-6-8(13-14-15)2-1-4-12/h3,5-6H,1-2,4,7H2. The average Bonchev–Trinajstić information content (AvgIpc) is 2.87. The van der Waals surface area contributed by atoms with Crippen molar-refractivity contribution in [3.8, 4) is 0 Å². The molecular weight excluding hydrogens is 310 g/mol. The second-order valence-electron chi connectivity index (χ2n) is 3.39. The molecule has 0 fully saturated rings. The molecule has 0 amide bonds. The quantitative estimate of drug-likeness (QED) is 0.791. The first-order valence-electron chi connectivity index (χ1n) is 4.96. The summed E-state index contributed by atoms with van der Waals surface area (Å²) in [4.78, 5) is 1.26. The first-order chi connectivity index (χ1) is 7.79. The zero-order valence-corrected chi connectivity index (χ0v) is 11.7. The third-order valence-corrected chi connectivity index (χ3v) is 4.33. The van der Waals surface area contributed by atoms with Crippen LogP contribution < -0.4 is 0 Å². The Balaban J connectivity index is 2.00. The van der Waals surface area contributed by atoms with E-state index in [0.29, 0.717) is 5.88 Å². The molecule has 0 atom stereocenters. The summed E-state index contributed by atoms with van der Waals surface area (Å²) in [6, 6.07) is 2.05. The van der Waals surface area contributed by atoms with E-state index in [-0.39, 0.29) is 0 Å². The first-order valence-corrected chi connectivity index (χ1v) is 7.17. The number of hydrogen-bond acceptors (Lipinski definition) is 3. The van der Waals surface area contributed by atoms with Crippen LogP contribution in [0.4, 0.5) is 0 Å². The van der Waals surface area contributed by atoms with Gasteiger partial charge in [0.05, 0.1) is 12.2 Å². The van der Waals surface area contributed by atoms with Crippen molar-refractivity contribution in [2.45, 2.75) is 19.4 Å². The van der Waals surface area contributed by atoms with Gasteiger partial charge in [-0.2, -0.15) is 0 Å². The fourth-order valence-corrected chi connectivity index (χ4v) is 2.97. The van der Waals surface area contributed by atoms with E-state index in [1.54, 1.807) is 11.3 Å². The Morgan fingerprint density at radius 3 is 3.06 bits per heavy atom. The minimum atomic E-state index is 0.670. The normalized spacial score (nSPS) is 10.9. The van der Waals surface area contributed by atoms with E-state index in [1.165, 1.54) is 4.88 Å². The molecule has 2 aromatic heterocycles. The molecule has 3 nitrogen and oxygen atoms in total. The lowest BCUT2D eigenvalue weighted by Gasteiger charge is -1.97. The summed E-state index contributed by atoms with van der Waals surface area (Å²) in [5.74, 6) is 0.670. The fraction of sp³-hybridized carbons (Fsp3) is 0.400. The predicted octanol–water partition coefficient (Wildman–Crippen LogP) is 3.32. The van der Waals surface area contributed by atoms with Gasteiger partial charge in [-0.3, -0.25) is 0 Å². The van der Waals surface area contributed by atoms with Crippen LogP contribution in [-0.4, -0.2) is 20.9 Å². The van der Waals surface area contributed by atoms with Gasteiger partial charge in [-0.1, -0.05) is 5.21 Å². The highest BCUT2D eigenvalue weighted by Crippen LogP contribution is 2.23. The van der Waals surface area contributed by atoms with Gasteiger partial charge in [0.1, 0.15) is 0 Å². The van der Waals surface area contributed by atoms with Crippen LogP contribution in [0.2, 0.25) is 0 Å². The van der Waals surface area contributed by atoms with Gasteiger partial charge in [-0.05, 0) is 40.2 Å². The summed E-state index contributed by atoms with van der Waals surface area (Å²) in [7, 11) is 0. The number of hydrogen-bond donors (Lipinski definition) is 0. The SMILES string of the molecule is ClCCCc1cn(Cc2sccc2Br)nn1. The highest BCUT2D eigenvalue weighted by Gasteiger charge is 2.05. The van der Waals surface area contributed by atoms with Gasteiger partial charge in [0, 0.05) is 21.4 Å². The molecule has 2 aromatic rings. The van der Waals surface area contributed by atoms with E-state index in [4.69, 9.17) is 11.6 Å². The zero-order chi connectivity index (χ0) is 11.4. The summed E-state index contributed by atoms with van der Waals surface area (Å²) < 4.78 is 3.00. The molecule has 0 radical (unpaired) electrons. The molecule has 2 rings (SSSR count). The van der Waals surface area contributed by atoms with Crippen LogP contribution in [0.3, 0.4) is 0 Å². The lowest BCUT2D eigenvalue weighted by molar-refractivity contribution is 0.654. The van der Waals surface area contributed by atoms with Crippen molar-refractivity contribution in [1.82, 2.24) is 15.0 Å². The van der Waals surface area contributed by atoms with Crippen molar-refractivity contribution in [2.75, 3.05) is 5.88 Å². The Kier molecular flexibility index (Phi) is 4.37. The van der Waals surface area contributed by atoms with Crippen molar-refractivity contribution < 1.29 is 0 Å². The highest BCUT2D eigenvalue weighted by molar-refractivity contribution is 9.10. The highest BCUT2D eigenvalue weighted by atomic mass is 79.9. The summed E-state index contributed by atoms with van der Waals surface area (Å²) in [5.41, 5.74) is 1.01. The summed E-state index contributed by atoms with van der Waals surface area (Å²) >= 11 is 10.9. The molecule has 0 N–H and O–H groups in total. The number of thiophene rings is 1. The average molecular weight is 321 g/mol. The molecular formula is C10H11BrClN3S. The lowest BCUT2D eigenvalue weighted by Crippen LogP contribution is -1.98. The molecule has 6 heteroatoms. The van der Waals surface area contributed by atoms with Gasteiger partial charge in [0.15, 0.2) is 0 Å². The van der Waals surface area contributed by atoms with Crippen molar-refractivity contribution in [3.05, 3.63) is 32.7 Å². The smallest absolute Gasteiger partial charge is 0.0827 e. The Hall–Kier alpha value is -0.390. The number of halogens is 2. The molecule has 0 saturated heterocycles. The van der Waals surface area contributed by atoms with Crippen molar-refractivity contribution in [2.24, 2.45) is 0 Å². The Labute approximate surface area is 112 Å². The van der Waals surface area contributed by atoms with Crippen LogP contribution >= 0.6 is 38.9 Å². The molecule has 86 valence electrons. The number of alkyl halides is 1. The minimum absolute atomic E-state index is 0.670. The molecule has 0 aliphatic carbocycles. The largest absolute Gasteiger partial charge is 0.247 e. The molecule has 0 aromatic carbocycles. The van der Waals surface area contributed by atoms with Gasteiger partial charge in [-0.25, -0.2) is 4.68 Å². The van der Waals surface area contributed by atoms with Crippen molar-refractivity contribution in [3.63, 3.8) is 0 Å². The first kappa shape index (κ1) is 12.1. The van der Waals surface area contributed by atoms with E-state index < -0.39 is 0 Å². The lowest BCUT2D eigenvalue weighted by atomic mass is 10.3. The van der Waals surface area contributed by atoms with E-state index >= 15 is 0 Å². The maximum absolute atomic E-state index is 5.63. The van der Waals surface area contributed by atoms with Crippen molar-refractivity contribution >= 4 is 38.9 Å². The monoisotopic (exact) mass is 319 g/mol. The number of aryl methyl sites for hydroxylation is 1.